The van der Waals surface area contributed by atoms with Crippen molar-refractivity contribution in [2.75, 3.05) is 26.1 Å². The SMILES string of the molecule is COc1cccc(C(CO)Nc2ccccc2F)c1OC. The van der Waals surface area contributed by atoms with Crippen molar-refractivity contribution >= 4 is 5.69 Å². The average Bonchev–Trinajstić information content (AvgIpc) is 2.53. The number of aliphatic hydroxyl groups excluding tert-OH is 1. The predicted molar refractivity (Wildman–Crippen MR) is 79.4 cm³/mol. The van der Waals surface area contributed by atoms with E-state index in [0.717, 1.165) is 0 Å². The van der Waals surface area contributed by atoms with Crippen molar-refractivity contribution in [2.45, 2.75) is 6.04 Å². The highest BCUT2D eigenvalue weighted by Crippen LogP contribution is 2.36. The van der Waals surface area contributed by atoms with Crippen LogP contribution in [0.15, 0.2) is 42.5 Å². The van der Waals surface area contributed by atoms with Gasteiger partial charge in [0.25, 0.3) is 0 Å². The summed E-state index contributed by atoms with van der Waals surface area (Å²) in [5.41, 5.74) is 1.02. The molecule has 0 aliphatic carbocycles. The Bertz CT molecular complexity index is 604. The molecule has 0 fully saturated rings. The van der Waals surface area contributed by atoms with Crippen LogP contribution in [0, 0.1) is 5.82 Å². The molecule has 0 aliphatic rings. The molecule has 0 saturated carbocycles. The van der Waals surface area contributed by atoms with Gasteiger partial charge in [-0.15, -0.1) is 0 Å². The van der Waals surface area contributed by atoms with Gasteiger partial charge in [-0.1, -0.05) is 24.3 Å². The lowest BCUT2D eigenvalue weighted by Crippen LogP contribution is -2.16. The van der Waals surface area contributed by atoms with Gasteiger partial charge in [-0.25, -0.2) is 4.39 Å². The Labute approximate surface area is 123 Å². The first-order valence-corrected chi connectivity index (χ1v) is 6.54. The van der Waals surface area contributed by atoms with E-state index in [0.29, 0.717) is 22.7 Å². The highest BCUT2D eigenvalue weighted by atomic mass is 19.1. The molecule has 0 bridgehead atoms. The Balaban J connectivity index is 2.36. The second kappa shape index (κ2) is 6.95. The van der Waals surface area contributed by atoms with E-state index in [4.69, 9.17) is 9.47 Å². The van der Waals surface area contributed by atoms with E-state index >= 15 is 0 Å². The summed E-state index contributed by atoms with van der Waals surface area (Å²) in [7, 11) is 3.07. The Hall–Kier alpha value is -2.27. The number of methoxy groups -OCH3 is 2. The number of ether oxygens (including phenoxy) is 2. The van der Waals surface area contributed by atoms with Crippen molar-refractivity contribution in [3.63, 3.8) is 0 Å². The summed E-state index contributed by atoms with van der Waals surface area (Å²) in [4.78, 5) is 0. The molecular formula is C16H18FNO3. The van der Waals surface area contributed by atoms with Gasteiger partial charge in [0.1, 0.15) is 5.82 Å². The minimum atomic E-state index is -0.507. The molecule has 0 saturated heterocycles. The monoisotopic (exact) mass is 291 g/mol. The molecule has 0 heterocycles. The average molecular weight is 291 g/mol. The maximum Gasteiger partial charge on any atom is 0.166 e. The third-order valence-electron chi connectivity index (χ3n) is 3.19. The predicted octanol–water partition coefficient (Wildman–Crippen LogP) is 2.99. The van der Waals surface area contributed by atoms with Crippen LogP contribution in [0.25, 0.3) is 0 Å². The maximum atomic E-state index is 13.7. The molecule has 21 heavy (non-hydrogen) atoms. The summed E-state index contributed by atoms with van der Waals surface area (Å²) in [5, 5.41) is 12.6. The van der Waals surface area contributed by atoms with Crippen LogP contribution < -0.4 is 14.8 Å². The molecule has 2 rings (SSSR count). The summed E-state index contributed by atoms with van der Waals surface area (Å²) in [6.07, 6.45) is 0. The van der Waals surface area contributed by atoms with Gasteiger partial charge in [0.2, 0.25) is 0 Å². The molecule has 4 nitrogen and oxygen atoms in total. The van der Waals surface area contributed by atoms with Crippen LogP contribution in [-0.4, -0.2) is 25.9 Å². The smallest absolute Gasteiger partial charge is 0.166 e. The van der Waals surface area contributed by atoms with Crippen LogP contribution in [-0.2, 0) is 0 Å². The van der Waals surface area contributed by atoms with Crippen LogP contribution in [0.1, 0.15) is 11.6 Å². The molecule has 1 unspecified atom stereocenters. The number of halogens is 1. The number of rotatable bonds is 6. The van der Waals surface area contributed by atoms with Gasteiger partial charge in [-0.3, -0.25) is 0 Å². The van der Waals surface area contributed by atoms with E-state index in [2.05, 4.69) is 5.32 Å². The molecule has 112 valence electrons. The van der Waals surface area contributed by atoms with Gasteiger partial charge in [-0.05, 0) is 18.2 Å². The summed E-state index contributed by atoms with van der Waals surface area (Å²) in [6, 6.07) is 11.2. The molecule has 2 aromatic carbocycles. The molecular weight excluding hydrogens is 273 g/mol. The third-order valence-corrected chi connectivity index (χ3v) is 3.19. The van der Waals surface area contributed by atoms with Gasteiger partial charge in [0, 0.05) is 5.56 Å². The van der Waals surface area contributed by atoms with Gasteiger partial charge < -0.3 is 19.9 Å². The van der Waals surface area contributed by atoms with Crippen LogP contribution in [0.5, 0.6) is 11.5 Å². The molecule has 5 heteroatoms. The molecule has 0 aliphatic heterocycles. The van der Waals surface area contributed by atoms with Crippen LogP contribution in [0.3, 0.4) is 0 Å². The molecule has 1 atom stereocenters. The molecule has 2 N–H and O–H groups in total. The second-order valence-corrected chi connectivity index (χ2v) is 4.44. The minimum Gasteiger partial charge on any atom is -0.493 e. The normalized spacial score (nSPS) is 11.8. The number of hydrogen-bond acceptors (Lipinski definition) is 4. The molecule has 2 aromatic rings. The first kappa shape index (κ1) is 15.1. The largest absolute Gasteiger partial charge is 0.493 e. The Morgan fingerprint density at radius 1 is 1.10 bits per heavy atom. The summed E-state index contributed by atoms with van der Waals surface area (Å²) >= 11 is 0. The van der Waals surface area contributed by atoms with Crippen molar-refractivity contribution in [1.82, 2.24) is 0 Å². The highest BCUT2D eigenvalue weighted by Gasteiger charge is 2.19. The molecule has 0 amide bonds. The number of benzene rings is 2. The van der Waals surface area contributed by atoms with Gasteiger partial charge >= 0.3 is 0 Å². The summed E-state index contributed by atoms with van der Waals surface area (Å²) < 4.78 is 24.3. The zero-order valence-electron chi connectivity index (χ0n) is 12.0. The van der Waals surface area contributed by atoms with Crippen molar-refractivity contribution in [3.8, 4) is 11.5 Å². The molecule has 0 aromatic heterocycles. The van der Waals surface area contributed by atoms with E-state index in [1.54, 1.807) is 43.5 Å². The van der Waals surface area contributed by atoms with Gasteiger partial charge in [-0.2, -0.15) is 0 Å². The quantitative estimate of drug-likeness (QED) is 0.859. The van der Waals surface area contributed by atoms with Gasteiger partial charge in [0.15, 0.2) is 11.5 Å². The second-order valence-electron chi connectivity index (χ2n) is 4.44. The fourth-order valence-corrected chi connectivity index (χ4v) is 2.17. The van der Waals surface area contributed by atoms with Crippen molar-refractivity contribution in [1.29, 1.82) is 0 Å². The lowest BCUT2D eigenvalue weighted by molar-refractivity contribution is 0.271. The van der Waals surface area contributed by atoms with E-state index in [-0.39, 0.29) is 12.4 Å². The van der Waals surface area contributed by atoms with Crippen molar-refractivity contribution in [3.05, 3.63) is 53.8 Å². The lowest BCUT2D eigenvalue weighted by atomic mass is 10.0. The number of para-hydroxylation sites is 2. The zero-order valence-corrected chi connectivity index (χ0v) is 12.0. The van der Waals surface area contributed by atoms with Crippen LogP contribution >= 0.6 is 0 Å². The summed E-state index contributed by atoms with van der Waals surface area (Å²) in [6.45, 7) is -0.210. The maximum absolute atomic E-state index is 13.7. The zero-order chi connectivity index (χ0) is 15.2. The fraction of sp³-hybridized carbons (Fsp3) is 0.250. The highest BCUT2D eigenvalue weighted by molar-refractivity contribution is 5.53. The third kappa shape index (κ3) is 3.25. The number of anilines is 1. The number of hydrogen-bond donors (Lipinski definition) is 2. The topological polar surface area (TPSA) is 50.7 Å². The van der Waals surface area contributed by atoms with E-state index < -0.39 is 6.04 Å². The standard InChI is InChI=1S/C16H18FNO3/c1-20-15-9-5-6-11(16(15)21-2)14(10-19)18-13-8-4-3-7-12(13)17/h3-9,14,18-19H,10H2,1-2H3. The molecule has 0 spiro atoms. The van der Waals surface area contributed by atoms with E-state index in [1.165, 1.54) is 13.2 Å². The van der Waals surface area contributed by atoms with Crippen LogP contribution in [0.4, 0.5) is 10.1 Å². The number of nitrogens with one attached hydrogen (secondary N) is 1. The first-order valence-electron chi connectivity index (χ1n) is 6.54. The molecule has 0 radical (unpaired) electrons. The Kier molecular flexibility index (Phi) is 5.00. The minimum absolute atomic E-state index is 0.210. The Morgan fingerprint density at radius 2 is 1.86 bits per heavy atom. The van der Waals surface area contributed by atoms with E-state index in [1.807, 2.05) is 0 Å². The number of aliphatic hydroxyl groups is 1. The van der Waals surface area contributed by atoms with Gasteiger partial charge in [0.05, 0.1) is 32.6 Å². The van der Waals surface area contributed by atoms with Crippen LogP contribution in [0.2, 0.25) is 0 Å². The fourth-order valence-electron chi connectivity index (χ4n) is 2.17. The lowest BCUT2D eigenvalue weighted by Gasteiger charge is -2.21. The van der Waals surface area contributed by atoms with E-state index in [9.17, 15) is 9.50 Å². The Morgan fingerprint density at radius 3 is 2.48 bits per heavy atom. The summed E-state index contributed by atoms with van der Waals surface area (Å²) in [5.74, 6) is 0.699. The van der Waals surface area contributed by atoms with Crippen molar-refractivity contribution < 1.29 is 19.0 Å². The van der Waals surface area contributed by atoms with Crippen molar-refractivity contribution in [2.24, 2.45) is 0 Å². The first-order chi connectivity index (χ1) is 10.2.